The average Bonchev–Trinajstić information content (AvgIpc) is 3.70. The number of aromatic nitrogens is 2. The van der Waals surface area contributed by atoms with Crippen molar-refractivity contribution >= 4 is 23.6 Å². The minimum Gasteiger partial charge on any atom is -0.508 e. The van der Waals surface area contributed by atoms with Crippen LogP contribution in [0.1, 0.15) is 35.4 Å². The maximum atomic E-state index is 12.7. The van der Waals surface area contributed by atoms with Crippen LogP contribution in [0.15, 0.2) is 48.8 Å². The zero-order chi connectivity index (χ0) is 25.9. The van der Waals surface area contributed by atoms with Gasteiger partial charge in [-0.05, 0) is 55.2 Å². The number of fused-ring (bicyclic) bond motifs is 2. The van der Waals surface area contributed by atoms with E-state index >= 15 is 0 Å². The van der Waals surface area contributed by atoms with Crippen LogP contribution in [-0.2, 0) is 17.4 Å². The van der Waals surface area contributed by atoms with Crippen LogP contribution in [0.5, 0.6) is 17.2 Å². The molecule has 12 heteroatoms. The zero-order valence-electron chi connectivity index (χ0n) is 19.1. The molecule has 3 unspecified atom stereocenters. The minimum absolute atomic E-state index is 0.00795. The van der Waals surface area contributed by atoms with Crippen molar-refractivity contribution in [1.29, 1.82) is 0 Å². The number of hydrogen-bond donors (Lipinski definition) is 4. The van der Waals surface area contributed by atoms with E-state index in [4.69, 9.17) is 4.74 Å². The lowest BCUT2D eigenvalue weighted by molar-refractivity contribution is -0.137. The Morgan fingerprint density at radius 2 is 2.00 bits per heavy atom. The van der Waals surface area contributed by atoms with Gasteiger partial charge in [-0.2, -0.15) is 13.2 Å². The molecule has 2 aliphatic carbocycles. The molecule has 1 aliphatic heterocycles. The molecular formula is C25H20F3N5O4. The number of benzene rings is 1. The first-order valence-electron chi connectivity index (χ1n) is 11.5. The number of carbonyl (C=O) groups excluding carboxylic acids is 2. The number of anilines is 2. The SMILES string of the molecule is O=C1CCc2c(Oc3ccc(O)c(C4C5CC54NC(=O)Nc4ccc(C(F)(F)F)cn4)c3)ccnc2N1. The Balaban J connectivity index is 1.14. The Morgan fingerprint density at radius 1 is 1.16 bits per heavy atom. The Bertz CT molecular complexity index is 1430. The molecule has 37 heavy (non-hydrogen) atoms. The summed E-state index contributed by atoms with van der Waals surface area (Å²) in [4.78, 5) is 32.0. The highest BCUT2D eigenvalue weighted by Gasteiger charge is 2.80. The topological polar surface area (TPSA) is 125 Å². The van der Waals surface area contributed by atoms with Crippen molar-refractivity contribution in [1.82, 2.24) is 15.3 Å². The number of carbonyl (C=O) groups is 2. The van der Waals surface area contributed by atoms with Crippen molar-refractivity contribution in [3.05, 3.63) is 65.5 Å². The van der Waals surface area contributed by atoms with E-state index in [9.17, 15) is 27.9 Å². The summed E-state index contributed by atoms with van der Waals surface area (Å²) >= 11 is 0. The van der Waals surface area contributed by atoms with Crippen molar-refractivity contribution in [2.75, 3.05) is 10.6 Å². The van der Waals surface area contributed by atoms with Gasteiger partial charge in [-0.1, -0.05) is 0 Å². The van der Waals surface area contributed by atoms with Crippen LogP contribution in [0, 0.1) is 5.92 Å². The maximum Gasteiger partial charge on any atom is 0.417 e. The third-order valence-corrected chi connectivity index (χ3v) is 7.02. The normalized spacial score (nSPS) is 23.3. The van der Waals surface area contributed by atoms with Gasteiger partial charge in [-0.25, -0.2) is 14.8 Å². The van der Waals surface area contributed by atoms with Gasteiger partial charge in [0.1, 0.15) is 28.9 Å². The van der Waals surface area contributed by atoms with Crippen LogP contribution >= 0.6 is 0 Å². The lowest BCUT2D eigenvalue weighted by Crippen LogP contribution is -2.36. The fourth-order valence-electron chi connectivity index (χ4n) is 4.94. The molecule has 0 bridgehead atoms. The van der Waals surface area contributed by atoms with Gasteiger partial charge >= 0.3 is 12.2 Å². The average molecular weight is 511 g/mol. The van der Waals surface area contributed by atoms with Gasteiger partial charge < -0.3 is 20.5 Å². The second-order valence-electron chi connectivity index (χ2n) is 9.34. The quantitative estimate of drug-likeness (QED) is 0.398. The van der Waals surface area contributed by atoms with Crippen molar-refractivity contribution in [2.24, 2.45) is 5.92 Å². The number of urea groups is 1. The molecule has 2 fully saturated rings. The van der Waals surface area contributed by atoms with Crippen molar-refractivity contribution in [3.63, 3.8) is 0 Å². The Morgan fingerprint density at radius 3 is 2.73 bits per heavy atom. The minimum atomic E-state index is -4.51. The summed E-state index contributed by atoms with van der Waals surface area (Å²) in [6.07, 6.45) is -0.769. The van der Waals surface area contributed by atoms with E-state index in [1.807, 2.05) is 0 Å². The Kier molecular flexibility index (Phi) is 5.04. The van der Waals surface area contributed by atoms with Crippen LogP contribution < -0.4 is 20.7 Å². The van der Waals surface area contributed by atoms with E-state index in [0.29, 0.717) is 48.3 Å². The van der Waals surface area contributed by atoms with Crippen molar-refractivity contribution in [3.8, 4) is 17.2 Å². The molecular weight excluding hydrogens is 491 g/mol. The predicted octanol–water partition coefficient (Wildman–Crippen LogP) is 4.56. The lowest BCUT2D eigenvalue weighted by atomic mass is 9.99. The van der Waals surface area contributed by atoms with Crippen LogP contribution in [0.4, 0.5) is 29.6 Å². The second-order valence-corrected chi connectivity index (χ2v) is 9.34. The monoisotopic (exact) mass is 511 g/mol. The highest BCUT2D eigenvalue weighted by Crippen LogP contribution is 2.77. The number of rotatable bonds is 5. The summed E-state index contributed by atoms with van der Waals surface area (Å²) in [5.74, 6) is 1.46. The molecule has 9 nitrogen and oxygen atoms in total. The van der Waals surface area contributed by atoms with Gasteiger partial charge in [0, 0.05) is 35.9 Å². The molecule has 0 radical (unpaired) electrons. The third kappa shape index (κ3) is 4.17. The standard InChI is InChI=1S/C25H20F3N5O4/c26-25(27,28)12-1-5-19(30-11-12)31-23(36)33-24-10-16(24)21(24)15-9-13(2-4-17(15)34)37-18-7-8-29-22-14(18)3-6-20(35)32-22/h1-2,4-5,7-9,11,16,21,34H,3,6,10H2,(H,29,32,35)(H2,30,31,33,36). The number of aromatic hydroxyl groups is 1. The predicted molar refractivity (Wildman–Crippen MR) is 124 cm³/mol. The fraction of sp³-hybridized carbons (Fsp3) is 0.280. The number of halogens is 3. The van der Waals surface area contributed by atoms with Crippen molar-refractivity contribution < 1.29 is 32.6 Å². The number of ether oxygens (including phenoxy) is 1. The third-order valence-electron chi connectivity index (χ3n) is 7.02. The number of nitrogens with one attached hydrogen (secondary N) is 3. The summed E-state index contributed by atoms with van der Waals surface area (Å²) in [5.41, 5.74) is -0.0292. The molecule has 190 valence electrons. The number of hydrogen-bond acceptors (Lipinski definition) is 6. The number of pyridine rings is 2. The number of nitrogens with zero attached hydrogens (tertiary/aromatic N) is 2. The number of alkyl halides is 3. The number of phenolic OH excluding ortho intramolecular Hbond substituents is 1. The molecule has 3 heterocycles. The summed E-state index contributed by atoms with van der Waals surface area (Å²) in [5, 5.41) is 18.6. The summed E-state index contributed by atoms with van der Waals surface area (Å²) < 4.78 is 44.2. The summed E-state index contributed by atoms with van der Waals surface area (Å²) in [6.45, 7) is 0. The van der Waals surface area contributed by atoms with E-state index in [1.165, 1.54) is 6.07 Å². The molecule has 3 amide bonds. The second kappa shape index (κ2) is 8.08. The molecule has 6 rings (SSSR count). The van der Waals surface area contributed by atoms with Crippen LogP contribution in [0.3, 0.4) is 0 Å². The highest BCUT2D eigenvalue weighted by atomic mass is 19.4. The summed E-state index contributed by atoms with van der Waals surface area (Å²) in [6, 6.07) is 7.93. The maximum absolute atomic E-state index is 12.7. The van der Waals surface area contributed by atoms with E-state index < -0.39 is 23.3 Å². The first-order chi connectivity index (χ1) is 17.6. The summed E-state index contributed by atoms with van der Waals surface area (Å²) in [7, 11) is 0. The van der Waals surface area contributed by atoms with E-state index in [-0.39, 0.29) is 29.3 Å². The molecule has 3 aromatic rings. The van der Waals surface area contributed by atoms with Gasteiger partial charge in [-0.3, -0.25) is 10.1 Å². The first kappa shape index (κ1) is 23.1. The zero-order valence-corrected chi connectivity index (χ0v) is 19.1. The van der Waals surface area contributed by atoms with Gasteiger partial charge in [0.05, 0.1) is 11.1 Å². The molecule has 0 spiro atoms. The Labute approximate surface area is 208 Å². The molecule has 3 atom stereocenters. The largest absolute Gasteiger partial charge is 0.508 e. The smallest absolute Gasteiger partial charge is 0.417 e. The molecule has 2 aromatic heterocycles. The van der Waals surface area contributed by atoms with Crippen LogP contribution in [0.25, 0.3) is 0 Å². The molecule has 4 N–H and O–H groups in total. The molecule has 3 aliphatic rings. The van der Waals surface area contributed by atoms with E-state index in [2.05, 4.69) is 25.9 Å². The van der Waals surface area contributed by atoms with Crippen molar-refractivity contribution in [2.45, 2.75) is 36.9 Å². The highest BCUT2D eigenvalue weighted by molar-refractivity contribution is 5.93. The number of phenols is 1. The van der Waals surface area contributed by atoms with E-state index in [1.54, 1.807) is 24.4 Å². The Hall–Kier alpha value is -4.35. The molecule has 0 saturated heterocycles. The fourth-order valence-corrected chi connectivity index (χ4v) is 4.94. The first-order valence-corrected chi connectivity index (χ1v) is 11.5. The number of amides is 3. The van der Waals surface area contributed by atoms with Gasteiger partial charge in [0.2, 0.25) is 5.91 Å². The van der Waals surface area contributed by atoms with Gasteiger partial charge in [-0.15, -0.1) is 0 Å². The molecule has 2 saturated carbocycles. The van der Waals surface area contributed by atoms with Gasteiger partial charge in [0.15, 0.2) is 0 Å². The van der Waals surface area contributed by atoms with Gasteiger partial charge in [0.25, 0.3) is 0 Å². The molecule has 1 aromatic carbocycles. The van der Waals surface area contributed by atoms with Crippen LogP contribution in [-0.4, -0.2) is 32.6 Å². The van der Waals surface area contributed by atoms with Crippen LogP contribution in [0.2, 0.25) is 0 Å². The van der Waals surface area contributed by atoms with E-state index in [0.717, 1.165) is 17.7 Å². The lowest BCUT2D eigenvalue weighted by Gasteiger charge is -2.20.